The number of amides is 2. The highest BCUT2D eigenvalue weighted by atomic mass is 35.5. The summed E-state index contributed by atoms with van der Waals surface area (Å²) in [6, 6.07) is 3.99. The van der Waals surface area contributed by atoms with Crippen LogP contribution in [-0.4, -0.2) is 29.2 Å². The Morgan fingerprint density at radius 3 is 2.57 bits per heavy atom. The molecular formula is C17H26ClN3O2. The van der Waals surface area contributed by atoms with Crippen LogP contribution in [0.2, 0.25) is 5.02 Å². The van der Waals surface area contributed by atoms with E-state index in [1.54, 1.807) is 18.3 Å². The molecule has 0 radical (unpaired) electrons. The van der Waals surface area contributed by atoms with Crippen LogP contribution in [0.1, 0.15) is 52.4 Å². The lowest BCUT2D eigenvalue weighted by atomic mass is 9.93. The quantitative estimate of drug-likeness (QED) is 0.825. The fourth-order valence-corrected chi connectivity index (χ4v) is 2.94. The number of halogens is 1. The zero-order valence-electron chi connectivity index (χ0n) is 13.8. The molecular weight excluding hydrogens is 314 g/mol. The van der Waals surface area contributed by atoms with Crippen LogP contribution >= 0.6 is 11.6 Å². The van der Waals surface area contributed by atoms with Gasteiger partial charge in [0.1, 0.15) is 6.10 Å². The molecule has 23 heavy (non-hydrogen) atoms. The van der Waals surface area contributed by atoms with E-state index in [4.69, 9.17) is 16.3 Å². The minimum Gasteiger partial charge on any atom is -0.474 e. The summed E-state index contributed by atoms with van der Waals surface area (Å²) in [5.41, 5.74) is 0. The minimum absolute atomic E-state index is 0.0533. The molecule has 1 fully saturated rings. The molecule has 2 rings (SSSR count). The van der Waals surface area contributed by atoms with Gasteiger partial charge in [0.2, 0.25) is 5.88 Å². The van der Waals surface area contributed by atoms with Gasteiger partial charge in [0, 0.05) is 24.3 Å². The standard InChI is InChI=1S/C17H26ClN3O2/c1-3-13(4-2)20-17(22)21-14-6-8-15(9-7-14)23-16-10-5-12(18)11-19-16/h5,10-11,13-15H,3-4,6-9H2,1-2H3,(H2,20,21,22). The van der Waals surface area contributed by atoms with Crippen molar-refractivity contribution >= 4 is 17.6 Å². The van der Waals surface area contributed by atoms with Gasteiger partial charge in [0.15, 0.2) is 0 Å². The van der Waals surface area contributed by atoms with E-state index in [-0.39, 0.29) is 24.2 Å². The van der Waals surface area contributed by atoms with Crippen molar-refractivity contribution in [2.24, 2.45) is 0 Å². The lowest BCUT2D eigenvalue weighted by molar-refractivity contribution is 0.134. The molecule has 5 nitrogen and oxygen atoms in total. The van der Waals surface area contributed by atoms with E-state index in [0.29, 0.717) is 10.9 Å². The molecule has 0 spiro atoms. The second-order valence-electron chi connectivity index (χ2n) is 6.04. The van der Waals surface area contributed by atoms with Gasteiger partial charge in [-0.25, -0.2) is 9.78 Å². The number of aromatic nitrogens is 1. The van der Waals surface area contributed by atoms with Crippen molar-refractivity contribution in [1.82, 2.24) is 15.6 Å². The fourth-order valence-electron chi connectivity index (χ4n) is 2.83. The topological polar surface area (TPSA) is 63.2 Å². The third-order valence-corrected chi connectivity index (χ3v) is 4.54. The molecule has 0 bridgehead atoms. The van der Waals surface area contributed by atoms with E-state index >= 15 is 0 Å². The Balaban J connectivity index is 1.71. The van der Waals surface area contributed by atoms with Gasteiger partial charge in [-0.2, -0.15) is 0 Å². The molecule has 0 saturated heterocycles. The number of hydrogen-bond acceptors (Lipinski definition) is 3. The maximum absolute atomic E-state index is 12.0. The molecule has 0 aliphatic heterocycles. The zero-order valence-corrected chi connectivity index (χ0v) is 14.6. The Morgan fingerprint density at radius 1 is 1.30 bits per heavy atom. The number of urea groups is 1. The number of carbonyl (C=O) groups is 1. The Morgan fingerprint density at radius 2 is 2.00 bits per heavy atom. The van der Waals surface area contributed by atoms with Gasteiger partial charge in [0.05, 0.1) is 5.02 Å². The second kappa shape index (κ2) is 8.96. The minimum atomic E-state index is -0.0533. The normalized spacial score (nSPS) is 21.0. The van der Waals surface area contributed by atoms with Crippen LogP contribution in [0, 0.1) is 0 Å². The van der Waals surface area contributed by atoms with Crippen molar-refractivity contribution in [3.8, 4) is 5.88 Å². The van der Waals surface area contributed by atoms with E-state index in [0.717, 1.165) is 38.5 Å². The van der Waals surface area contributed by atoms with Gasteiger partial charge >= 0.3 is 6.03 Å². The first-order chi connectivity index (χ1) is 11.1. The monoisotopic (exact) mass is 339 g/mol. The van der Waals surface area contributed by atoms with Crippen LogP contribution in [0.5, 0.6) is 5.88 Å². The van der Waals surface area contributed by atoms with E-state index < -0.39 is 0 Å². The average molecular weight is 340 g/mol. The highest BCUT2D eigenvalue weighted by Crippen LogP contribution is 2.23. The number of pyridine rings is 1. The third-order valence-electron chi connectivity index (χ3n) is 4.32. The first-order valence-electron chi connectivity index (χ1n) is 8.46. The number of hydrogen-bond donors (Lipinski definition) is 2. The average Bonchev–Trinajstić information content (AvgIpc) is 2.56. The van der Waals surface area contributed by atoms with Crippen LogP contribution in [0.3, 0.4) is 0 Å². The van der Waals surface area contributed by atoms with Gasteiger partial charge in [-0.15, -0.1) is 0 Å². The first-order valence-corrected chi connectivity index (χ1v) is 8.83. The predicted molar refractivity (Wildman–Crippen MR) is 92.0 cm³/mol. The smallest absolute Gasteiger partial charge is 0.315 e. The highest BCUT2D eigenvalue weighted by Gasteiger charge is 2.24. The second-order valence-corrected chi connectivity index (χ2v) is 6.47. The summed E-state index contributed by atoms with van der Waals surface area (Å²) >= 11 is 5.81. The fraction of sp³-hybridized carbons (Fsp3) is 0.647. The summed E-state index contributed by atoms with van der Waals surface area (Å²) in [5, 5.41) is 6.69. The molecule has 1 aromatic rings. The summed E-state index contributed by atoms with van der Waals surface area (Å²) in [4.78, 5) is 16.1. The van der Waals surface area contributed by atoms with Crippen molar-refractivity contribution in [2.45, 2.75) is 70.6 Å². The van der Waals surface area contributed by atoms with E-state index in [1.165, 1.54) is 0 Å². The summed E-state index contributed by atoms with van der Waals surface area (Å²) in [6.45, 7) is 4.17. The first kappa shape index (κ1) is 17.9. The van der Waals surface area contributed by atoms with Crippen LogP contribution < -0.4 is 15.4 Å². The van der Waals surface area contributed by atoms with Crippen LogP contribution in [0.15, 0.2) is 18.3 Å². The van der Waals surface area contributed by atoms with E-state index in [1.807, 2.05) is 0 Å². The van der Waals surface area contributed by atoms with Gasteiger partial charge in [-0.1, -0.05) is 25.4 Å². The lowest BCUT2D eigenvalue weighted by Gasteiger charge is -2.29. The maximum atomic E-state index is 12.0. The molecule has 0 aromatic carbocycles. The number of carbonyl (C=O) groups excluding carboxylic acids is 1. The molecule has 2 amide bonds. The number of nitrogens with zero attached hydrogens (tertiary/aromatic N) is 1. The predicted octanol–water partition coefficient (Wildman–Crippen LogP) is 3.91. The Hall–Kier alpha value is -1.49. The van der Waals surface area contributed by atoms with Crippen molar-refractivity contribution < 1.29 is 9.53 Å². The summed E-state index contributed by atoms with van der Waals surface area (Å²) in [6.07, 6.45) is 7.34. The van der Waals surface area contributed by atoms with Crippen LogP contribution in [-0.2, 0) is 0 Å². The van der Waals surface area contributed by atoms with Crippen molar-refractivity contribution in [3.63, 3.8) is 0 Å². The SMILES string of the molecule is CCC(CC)NC(=O)NC1CCC(Oc2ccc(Cl)cn2)CC1. The summed E-state index contributed by atoms with van der Waals surface area (Å²) in [5.74, 6) is 0.609. The Labute approximate surface area is 143 Å². The summed E-state index contributed by atoms with van der Waals surface area (Å²) in [7, 11) is 0. The van der Waals surface area contributed by atoms with Gasteiger partial charge in [-0.3, -0.25) is 0 Å². The Bertz CT molecular complexity index is 483. The number of ether oxygens (including phenoxy) is 1. The van der Waals surface area contributed by atoms with Gasteiger partial charge < -0.3 is 15.4 Å². The molecule has 128 valence electrons. The molecule has 1 heterocycles. The maximum Gasteiger partial charge on any atom is 0.315 e. The van der Waals surface area contributed by atoms with Crippen molar-refractivity contribution in [1.29, 1.82) is 0 Å². The van der Waals surface area contributed by atoms with Crippen LogP contribution in [0.4, 0.5) is 4.79 Å². The largest absolute Gasteiger partial charge is 0.474 e. The van der Waals surface area contributed by atoms with Crippen molar-refractivity contribution in [2.75, 3.05) is 0 Å². The molecule has 0 unspecified atom stereocenters. The molecule has 1 aromatic heterocycles. The van der Waals surface area contributed by atoms with Gasteiger partial charge in [-0.05, 0) is 44.6 Å². The lowest BCUT2D eigenvalue weighted by Crippen LogP contribution is -2.47. The molecule has 2 N–H and O–H groups in total. The summed E-state index contributed by atoms with van der Waals surface area (Å²) < 4.78 is 5.86. The van der Waals surface area contributed by atoms with E-state index in [9.17, 15) is 4.79 Å². The number of nitrogens with one attached hydrogen (secondary N) is 2. The molecule has 1 aliphatic carbocycles. The van der Waals surface area contributed by atoms with E-state index in [2.05, 4.69) is 29.5 Å². The highest BCUT2D eigenvalue weighted by molar-refractivity contribution is 6.30. The zero-order chi connectivity index (χ0) is 16.7. The number of rotatable bonds is 6. The van der Waals surface area contributed by atoms with Gasteiger partial charge in [0.25, 0.3) is 0 Å². The molecule has 6 heteroatoms. The third kappa shape index (κ3) is 5.90. The van der Waals surface area contributed by atoms with Crippen LogP contribution in [0.25, 0.3) is 0 Å². The molecule has 1 aliphatic rings. The van der Waals surface area contributed by atoms with Crippen molar-refractivity contribution in [3.05, 3.63) is 23.4 Å². The molecule has 0 atom stereocenters. The Kier molecular flexibility index (Phi) is 6.96. The molecule has 1 saturated carbocycles.